The summed E-state index contributed by atoms with van der Waals surface area (Å²) >= 11 is 0. The Labute approximate surface area is 73.7 Å². The van der Waals surface area contributed by atoms with Crippen molar-refractivity contribution in [3.63, 3.8) is 0 Å². The molecule has 0 spiro atoms. The van der Waals surface area contributed by atoms with Crippen LogP contribution in [0.15, 0.2) is 0 Å². The first-order chi connectivity index (χ1) is 5.49. The quantitative estimate of drug-likeness (QED) is 0.587. The SMILES string of the molecule is C#CC(C)NC(=O)C(C)C(C)N. The summed E-state index contributed by atoms with van der Waals surface area (Å²) < 4.78 is 0. The lowest BCUT2D eigenvalue weighted by Gasteiger charge is -2.16. The average Bonchev–Trinajstić information content (AvgIpc) is 2.02. The molecule has 0 saturated heterocycles. The molecule has 12 heavy (non-hydrogen) atoms. The zero-order valence-electron chi connectivity index (χ0n) is 7.79. The van der Waals surface area contributed by atoms with E-state index in [0.717, 1.165) is 0 Å². The Morgan fingerprint density at radius 1 is 1.50 bits per heavy atom. The van der Waals surface area contributed by atoms with Gasteiger partial charge in [0.25, 0.3) is 0 Å². The summed E-state index contributed by atoms with van der Waals surface area (Å²) in [6.07, 6.45) is 5.10. The van der Waals surface area contributed by atoms with Gasteiger partial charge in [0.1, 0.15) is 0 Å². The van der Waals surface area contributed by atoms with Crippen LogP contribution < -0.4 is 11.1 Å². The molecule has 68 valence electrons. The van der Waals surface area contributed by atoms with Crippen LogP contribution in [-0.2, 0) is 4.79 Å². The number of hydrogen-bond donors (Lipinski definition) is 2. The molecule has 0 heterocycles. The number of rotatable bonds is 3. The summed E-state index contributed by atoms with van der Waals surface area (Å²) in [6, 6.07) is -0.367. The number of carbonyl (C=O) groups is 1. The maximum atomic E-state index is 11.3. The van der Waals surface area contributed by atoms with E-state index in [4.69, 9.17) is 12.2 Å². The summed E-state index contributed by atoms with van der Waals surface area (Å²) in [6.45, 7) is 5.33. The van der Waals surface area contributed by atoms with E-state index in [1.54, 1.807) is 20.8 Å². The fraction of sp³-hybridized carbons (Fsp3) is 0.667. The highest BCUT2D eigenvalue weighted by Crippen LogP contribution is 1.99. The van der Waals surface area contributed by atoms with Gasteiger partial charge in [0.05, 0.1) is 6.04 Å². The lowest BCUT2D eigenvalue weighted by molar-refractivity contribution is -0.125. The van der Waals surface area contributed by atoms with Crippen molar-refractivity contribution >= 4 is 5.91 Å². The average molecular weight is 168 g/mol. The fourth-order valence-electron chi connectivity index (χ4n) is 0.625. The third kappa shape index (κ3) is 3.40. The smallest absolute Gasteiger partial charge is 0.225 e. The molecule has 0 aliphatic carbocycles. The minimum atomic E-state index is -0.223. The second-order valence-electron chi connectivity index (χ2n) is 3.04. The number of hydrogen-bond acceptors (Lipinski definition) is 2. The fourth-order valence-corrected chi connectivity index (χ4v) is 0.625. The van der Waals surface area contributed by atoms with Gasteiger partial charge in [-0.3, -0.25) is 4.79 Å². The molecule has 0 rings (SSSR count). The van der Waals surface area contributed by atoms with Crippen molar-refractivity contribution in [1.29, 1.82) is 0 Å². The van der Waals surface area contributed by atoms with Gasteiger partial charge in [-0.2, -0.15) is 0 Å². The molecule has 0 aliphatic rings. The molecule has 0 bridgehead atoms. The first kappa shape index (κ1) is 11.0. The van der Waals surface area contributed by atoms with Crippen molar-refractivity contribution in [3.8, 4) is 12.3 Å². The molecule has 3 N–H and O–H groups in total. The molecule has 0 aromatic heterocycles. The van der Waals surface area contributed by atoms with Crippen LogP contribution in [0, 0.1) is 18.3 Å². The Bertz CT molecular complexity index is 193. The van der Waals surface area contributed by atoms with E-state index in [9.17, 15) is 4.79 Å². The van der Waals surface area contributed by atoms with Gasteiger partial charge >= 0.3 is 0 Å². The van der Waals surface area contributed by atoms with Crippen LogP contribution in [0.4, 0.5) is 0 Å². The van der Waals surface area contributed by atoms with E-state index in [2.05, 4.69) is 11.2 Å². The van der Waals surface area contributed by atoms with Crippen LogP contribution in [0.2, 0.25) is 0 Å². The van der Waals surface area contributed by atoms with Crippen molar-refractivity contribution in [2.45, 2.75) is 32.9 Å². The molecule has 0 radical (unpaired) electrons. The zero-order chi connectivity index (χ0) is 9.72. The van der Waals surface area contributed by atoms with Crippen LogP contribution in [0.3, 0.4) is 0 Å². The van der Waals surface area contributed by atoms with Crippen molar-refractivity contribution in [3.05, 3.63) is 0 Å². The summed E-state index contributed by atoms with van der Waals surface area (Å²) in [4.78, 5) is 11.3. The molecule has 1 amide bonds. The third-order valence-corrected chi connectivity index (χ3v) is 1.81. The van der Waals surface area contributed by atoms with Gasteiger partial charge in [0.2, 0.25) is 5.91 Å². The number of amides is 1. The number of carbonyl (C=O) groups excluding carboxylic acids is 1. The predicted octanol–water partition coefficient (Wildman–Crippen LogP) is 0.108. The second kappa shape index (κ2) is 4.78. The molecule has 0 fully saturated rings. The maximum Gasteiger partial charge on any atom is 0.225 e. The molecule has 0 aliphatic heterocycles. The Morgan fingerprint density at radius 3 is 2.33 bits per heavy atom. The maximum absolute atomic E-state index is 11.3. The Morgan fingerprint density at radius 2 is 2.00 bits per heavy atom. The minimum Gasteiger partial charge on any atom is -0.342 e. The molecule has 0 aromatic carbocycles. The monoisotopic (exact) mass is 168 g/mol. The van der Waals surface area contributed by atoms with Crippen LogP contribution in [0.1, 0.15) is 20.8 Å². The van der Waals surface area contributed by atoms with Crippen molar-refractivity contribution in [2.24, 2.45) is 11.7 Å². The molecule has 3 heteroatoms. The van der Waals surface area contributed by atoms with Crippen molar-refractivity contribution in [2.75, 3.05) is 0 Å². The van der Waals surface area contributed by atoms with E-state index >= 15 is 0 Å². The summed E-state index contributed by atoms with van der Waals surface area (Å²) in [5.41, 5.74) is 5.54. The van der Waals surface area contributed by atoms with Crippen molar-refractivity contribution < 1.29 is 4.79 Å². The van der Waals surface area contributed by atoms with Gasteiger partial charge < -0.3 is 11.1 Å². The first-order valence-electron chi connectivity index (χ1n) is 4.01. The van der Waals surface area contributed by atoms with Crippen LogP contribution in [-0.4, -0.2) is 18.0 Å². The number of nitrogens with one attached hydrogen (secondary N) is 1. The molecule has 3 nitrogen and oxygen atoms in total. The standard InChI is InChI=1S/C9H16N2O/c1-5-6(2)11-9(12)7(3)8(4)10/h1,6-8H,10H2,2-4H3,(H,11,12). The minimum absolute atomic E-state index is 0.0875. The molecular weight excluding hydrogens is 152 g/mol. The Hall–Kier alpha value is -1.01. The van der Waals surface area contributed by atoms with Crippen LogP contribution >= 0.6 is 0 Å². The summed E-state index contributed by atoms with van der Waals surface area (Å²) in [5, 5.41) is 2.66. The predicted molar refractivity (Wildman–Crippen MR) is 49.3 cm³/mol. The first-order valence-corrected chi connectivity index (χ1v) is 4.01. The summed E-state index contributed by atoms with van der Waals surface area (Å²) in [5.74, 6) is 2.14. The van der Waals surface area contributed by atoms with Crippen LogP contribution in [0.25, 0.3) is 0 Å². The second-order valence-corrected chi connectivity index (χ2v) is 3.04. The van der Waals surface area contributed by atoms with Gasteiger partial charge in [0, 0.05) is 12.0 Å². The van der Waals surface area contributed by atoms with Gasteiger partial charge in [-0.15, -0.1) is 6.42 Å². The number of terminal acetylenes is 1. The number of nitrogens with two attached hydrogens (primary N) is 1. The van der Waals surface area contributed by atoms with Gasteiger partial charge in [-0.25, -0.2) is 0 Å². The van der Waals surface area contributed by atoms with E-state index in [-0.39, 0.29) is 23.9 Å². The van der Waals surface area contributed by atoms with E-state index in [1.807, 2.05) is 0 Å². The Kier molecular flexibility index (Phi) is 4.38. The lowest BCUT2D eigenvalue weighted by atomic mass is 10.0. The van der Waals surface area contributed by atoms with Gasteiger partial charge in [0.15, 0.2) is 0 Å². The highest BCUT2D eigenvalue weighted by molar-refractivity contribution is 5.79. The van der Waals surface area contributed by atoms with Gasteiger partial charge in [-0.1, -0.05) is 12.8 Å². The van der Waals surface area contributed by atoms with E-state index in [1.165, 1.54) is 0 Å². The van der Waals surface area contributed by atoms with E-state index in [0.29, 0.717) is 0 Å². The largest absolute Gasteiger partial charge is 0.342 e. The Balaban J connectivity index is 3.98. The molecular formula is C9H16N2O. The zero-order valence-corrected chi connectivity index (χ0v) is 7.79. The van der Waals surface area contributed by atoms with E-state index < -0.39 is 0 Å². The highest BCUT2D eigenvalue weighted by atomic mass is 16.1. The summed E-state index contributed by atoms with van der Waals surface area (Å²) in [7, 11) is 0. The molecule has 3 unspecified atom stereocenters. The topological polar surface area (TPSA) is 55.1 Å². The molecule has 3 atom stereocenters. The highest BCUT2D eigenvalue weighted by Gasteiger charge is 2.17. The lowest BCUT2D eigenvalue weighted by Crippen LogP contribution is -2.41. The van der Waals surface area contributed by atoms with Gasteiger partial charge in [-0.05, 0) is 13.8 Å². The molecule has 0 saturated carbocycles. The van der Waals surface area contributed by atoms with Crippen LogP contribution in [0.5, 0.6) is 0 Å². The normalized spacial score (nSPS) is 17.2. The third-order valence-electron chi connectivity index (χ3n) is 1.81. The van der Waals surface area contributed by atoms with Crippen molar-refractivity contribution in [1.82, 2.24) is 5.32 Å². The molecule has 0 aromatic rings.